The molecule has 1 fully saturated rings. The van der Waals surface area contributed by atoms with Crippen molar-refractivity contribution in [1.82, 2.24) is 4.90 Å². The third kappa shape index (κ3) is 6.06. The van der Waals surface area contributed by atoms with E-state index in [2.05, 4.69) is 0 Å². The molecule has 1 amide bonds. The molecule has 0 spiro atoms. The van der Waals surface area contributed by atoms with Gasteiger partial charge in [-0.15, -0.1) is 0 Å². The molecule has 0 aromatic heterocycles. The molecule has 0 bridgehead atoms. The summed E-state index contributed by atoms with van der Waals surface area (Å²) in [7, 11) is -1.60. The number of carbonyl (C=O) groups excluding carboxylic acids is 3. The van der Waals surface area contributed by atoms with Crippen molar-refractivity contribution in [3.05, 3.63) is 29.8 Å². The molecule has 27 heavy (non-hydrogen) atoms. The SMILES string of the molecule is CCC(=O)c1ccc(OCC(=O)OCC(=O)N(C)[C@H]2CCS(=O)(=O)C2)cc1. The van der Waals surface area contributed by atoms with Gasteiger partial charge in [-0.1, -0.05) is 6.92 Å². The number of hydrogen-bond acceptors (Lipinski definition) is 7. The van der Waals surface area contributed by atoms with Crippen molar-refractivity contribution in [3.8, 4) is 5.75 Å². The first-order valence-corrected chi connectivity index (χ1v) is 10.4. The Morgan fingerprint density at radius 2 is 1.81 bits per heavy atom. The van der Waals surface area contributed by atoms with Crippen molar-refractivity contribution < 1.29 is 32.3 Å². The Balaban J connectivity index is 1.74. The van der Waals surface area contributed by atoms with E-state index >= 15 is 0 Å². The second-order valence-electron chi connectivity index (χ2n) is 6.31. The average Bonchev–Trinajstić information content (AvgIpc) is 3.03. The van der Waals surface area contributed by atoms with Crippen LogP contribution in [0.5, 0.6) is 5.75 Å². The van der Waals surface area contributed by atoms with Gasteiger partial charge >= 0.3 is 5.97 Å². The number of esters is 1. The van der Waals surface area contributed by atoms with Gasteiger partial charge in [-0.2, -0.15) is 0 Å². The molecule has 1 atom stereocenters. The zero-order valence-electron chi connectivity index (χ0n) is 15.3. The van der Waals surface area contributed by atoms with Crippen LogP contribution in [-0.2, 0) is 24.2 Å². The van der Waals surface area contributed by atoms with Gasteiger partial charge in [0.2, 0.25) is 0 Å². The van der Waals surface area contributed by atoms with Gasteiger partial charge in [0.15, 0.2) is 28.8 Å². The van der Waals surface area contributed by atoms with Gasteiger partial charge in [0.1, 0.15) is 5.75 Å². The van der Waals surface area contributed by atoms with Crippen LogP contribution in [0.1, 0.15) is 30.1 Å². The van der Waals surface area contributed by atoms with Crippen LogP contribution in [0.3, 0.4) is 0 Å². The van der Waals surface area contributed by atoms with Crippen molar-refractivity contribution in [1.29, 1.82) is 0 Å². The first kappa shape index (κ1) is 20.9. The van der Waals surface area contributed by atoms with Crippen LogP contribution < -0.4 is 4.74 Å². The molecule has 0 radical (unpaired) electrons. The van der Waals surface area contributed by atoms with Crippen LogP contribution in [0.2, 0.25) is 0 Å². The fourth-order valence-electron chi connectivity index (χ4n) is 2.65. The van der Waals surface area contributed by atoms with Gasteiger partial charge in [-0.3, -0.25) is 9.59 Å². The van der Waals surface area contributed by atoms with Crippen LogP contribution in [0.15, 0.2) is 24.3 Å². The number of Topliss-reactive ketones (excluding diaryl/α,β-unsaturated/α-hetero) is 1. The molecule has 2 rings (SSSR count). The van der Waals surface area contributed by atoms with Crippen LogP contribution >= 0.6 is 0 Å². The fraction of sp³-hybridized carbons (Fsp3) is 0.500. The van der Waals surface area contributed by atoms with E-state index in [-0.39, 0.29) is 29.9 Å². The Labute approximate surface area is 158 Å². The van der Waals surface area contributed by atoms with Crippen molar-refractivity contribution >= 4 is 27.5 Å². The second kappa shape index (κ2) is 8.98. The zero-order valence-corrected chi connectivity index (χ0v) is 16.2. The molecule has 1 aromatic rings. The second-order valence-corrected chi connectivity index (χ2v) is 8.54. The van der Waals surface area contributed by atoms with Crippen LogP contribution in [0.25, 0.3) is 0 Å². The van der Waals surface area contributed by atoms with Crippen molar-refractivity contribution in [2.24, 2.45) is 0 Å². The average molecular weight is 397 g/mol. The monoisotopic (exact) mass is 397 g/mol. The van der Waals surface area contributed by atoms with E-state index in [1.165, 1.54) is 11.9 Å². The lowest BCUT2D eigenvalue weighted by atomic mass is 10.1. The normalized spacial score (nSPS) is 17.9. The highest BCUT2D eigenvalue weighted by atomic mass is 32.2. The number of benzene rings is 1. The lowest BCUT2D eigenvalue weighted by Gasteiger charge is -2.23. The van der Waals surface area contributed by atoms with Crippen LogP contribution in [-0.4, -0.2) is 68.8 Å². The summed E-state index contributed by atoms with van der Waals surface area (Å²) in [5.41, 5.74) is 0.565. The molecule has 0 unspecified atom stereocenters. The molecule has 1 aliphatic rings. The van der Waals surface area contributed by atoms with Gasteiger partial charge in [0.25, 0.3) is 5.91 Å². The molecular formula is C18H23NO7S. The number of rotatable bonds is 8. The maximum absolute atomic E-state index is 12.0. The third-order valence-corrected chi connectivity index (χ3v) is 6.11. The highest BCUT2D eigenvalue weighted by molar-refractivity contribution is 7.91. The molecule has 1 aliphatic heterocycles. The van der Waals surface area contributed by atoms with Gasteiger partial charge in [0.05, 0.1) is 11.5 Å². The molecule has 8 nitrogen and oxygen atoms in total. The number of nitrogens with zero attached hydrogens (tertiary/aromatic N) is 1. The van der Waals surface area contributed by atoms with Crippen molar-refractivity contribution in [2.75, 3.05) is 31.8 Å². The van der Waals surface area contributed by atoms with Crippen LogP contribution in [0.4, 0.5) is 0 Å². The summed E-state index contributed by atoms with van der Waals surface area (Å²) in [5.74, 6) is -0.774. The molecule has 148 valence electrons. The topological polar surface area (TPSA) is 107 Å². The predicted molar refractivity (Wildman–Crippen MR) is 97.3 cm³/mol. The summed E-state index contributed by atoms with van der Waals surface area (Å²) in [5, 5.41) is 0. The first-order chi connectivity index (χ1) is 12.7. The Morgan fingerprint density at radius 3 is 2.37 bits per heavy atom. The molecule has 0 N–H and O–H groups in total. The number of carbonyl (C=O) groups is 3. The van der Waals surface area contributed by atoms with E-state index < -0.39 is 28.3 Å². The maximum Gasteiger partial charge on any atom is 0.344 e. The molecule has 1 aromatic carbocycles. The third-order valence-electron chi connectivity index (χ3n) is 4.36. The van der Waals surface area contributed by atoms with Gasteiger partial charge in [-0.25, -0.2) is 13.2 Å². The summed E-state index contributed by atoms with van der Waals surface area (Å²) in [6, 6.07) is 5.99. The Kier molecular flexibility index (Phi) is 6.95. The van der Waals surface area contributed by atoms with Crippen molar-refractivity contribution in [2.45, 2.75) is 25.8 Å². The lowest BCUT2D eigenvalue weighted by molar-refractivity contribution is -0.153. The molecular weight excluding hydrogens is 374 g/mol. The summed E-state index contributed by atoms with van der Waals surface area (Å²) in [6.07, 6.45) is 0.792. The van der Waals surface area contributed by atoms with Gasteiger partial charge in [0, 0.05) is 25.1 Å². The van der Waals surface area contributed by atoms with Gasteiger partial charge in [-0.05, 0) is 30.7 Å². The number of likely N-dealkylation sites (N-methyl/N-ethyl adjacent to an activating group) is 1. The largest absolute Gasteiger partial charge is 0.482 e. The predicted octanol–water partition coefficient (Wildman–Crippen LogP) is 0.847. The summed E-state index contributed by atoms with van der Waals surface area (Å²) in [4.78, 5) is 36.6. The van der Waals surface area contributed by atoms with E-state index in [0.29, 0.717) is 24.2 Å². The maximum atomic E-state index is 12.0. The number of ketones is 1. The fourth-order valence-corrected chi connectivity index (χ4v) is 4.43. The number of hydrogen-bond donors (Lipinski definition) is 0. The first-order valence-electron chi connectivity index (χ1n) is 8.59. The van der Waals surface area contributed by atoms with E-state index in [4.69, 9.17) is 9.47 Å². The summed E-state index contributed by atoms with van der Waals surface area (Å²) < 4.78 is 33.1. The minimum Gasteiger partial charge on any atom is -0.482 e. The Bertz CT molecular complexity index is 802. The van der Waals surface area contributed by atoms with E-state index in [0.717, 1.165) is 0 Å². The van der Waals surface area contributed by atoms with Gasteiger partial charge < -0.3 is 14.4 Å². The summed E-state index contributed by atoms with van der Waals surface area (Å²) >= 11 is 0. The minimum atomic E-state index is -3.10. The lowest BCUT2D eigenvalue weighted by Crippen LogP contribution is -2.40. The van der Waals surface area contributed by atoms with E-state index in [9.17, 15) is 22.8 Å². The zero-order chi connectivity index (χ0) is 20.0. The standard InChI is InChI=1S/C18H23NO7S/c1-3-16(20)13-4-6-15(7-5-13)25-11-18(22)26-10-17(21)19(2)14-8-9-27(23,24)12-14/h4-7,14H,3,8-12H2,1-2H3/t14-/m0/s1. The quantitative estimate of drug-likeness (QED) is 0.473. The molecule has 1 saturated heterocycles. The Morgan fingerprint density at radius 1 is 1.15 bits per heavy atom. The van der Waals surface area contributed by atoms with E-state index in [1.807, 2.05) is 0 Å². The van der Waals surface area contributed by atoms with Crippen LogP contribution in [0, 0.1) is 0 Å². The highest BCUT2D eigenvalue weighted by Gasteiger charge is 2.32. The number of sulfone groups is 1. The number of amides is 1. The minimum absolute atomic E-state index is 0.0126. The Hall–Kier alpha value is -2.42. The van der Waals surface area contributed by atoms with Crippen molar-refractivity contribution in [3.63, 3.8) is 0 Å². The van der Waals surface area contributed by atoms with E-state index in [1.54, 1.807) is 31.2 Å². The molecule has 0 saturated carbocycles. The smallest absolute Gasteiger partial charge is 0.344 e. The summed E-state index contributed by atoms with van der Waals surface area (Å²) in [6.45, 7) is 0.919. The molecule has 0 aliphatic carbocycles. The molecule has 1 heterocycles. The highest BCUT2D eigenvalue weighted by Crippen LogP contribution is 2.17. The molecule has 9 heteroatoms. The number of ether oxygens (including phenoxy) is 2.